The Balaban J connectivity index is 1.31. The molecule has 3 aromatic rings. The van der Waals surface area contributed by atoms with E-state index < -0.39 is 24.1 Å². The van der Waals surface area contributed by atoms with Crippen LogP contribution in [0.5, 0.6) is 11.5 Å². The van der Waals surface area contributed by atoms with Crippen LogP contribution in [0.3, 0.4) is 0 Å². The number of rotatable bonds is 9. The number of alkyl halides is 1. The SMILES string of the molecule is CCOc1ccc(-c2ccc(OCc3ccc(C4CCC(C=C(F)CF)CC4)cc3)cc2)c(F)c1F. The van der Waals surface area contributed by atoms with Gasteiger partial charge in [0.1, 0.15) is 24.9 Å². The van der Waals surface area contributed by atoms with E-state index in [1.54, 1.807) is 31.2 Å². The second-order valence-corrected chi connectivity index (χ2v) is 9.09. The van der Waals surface area contributed by atoms with Crippen LogP contribution < -0.4 is 9.47 Å². The monoisotopic (exact) mass is 498 g/mol. The Hall–Kier alpha value is -3.28. The zero-order valence-electron chi connectivity index (χ0n) is 20.3. The van der Waals surface area contributed by atoms with Crippen molar-refractivity contribution in [2.75, 3.05) is 13.3 Å². The number of hydrogen-bond acceptors (Lipinski definition) is 2. The molecule has 0 amide bonds. The standard InChI is InChI=1S/C30H30F4O2/c1-2-35-28-16-15-27(29(33)30(28)34)24-11-13-26(14-12-24)36-19-21-5-9-23(10-6-21)22-7-3-20(4-8-22)17-25(32)18-31/h5-6,9-17,20,22H,2-4,7-8,18-19H2,1H3. The lowest BCUT2D eigenvalue weighted by atomic mass is 9.78. The van der Waals surface area contributed by atoms with Gasteiger partial charge in [-0.1, -0.05) is 36.4 Å². The lowest BCUT2D eigenvalue weighted by molar-refractivity contribution is 0.306. The molecule has 0 bridgehead atoms. The Bertz CT molecular complexity index is 1160. The lowest BCUT2D eigenvalue weighted by Gasteiger charge is -2.27. The van der Waals surface area contributed by atoms with Crippen molar-refractivity contribution in [1.29, 1.82) is 0 Å². The van der Waals surface area contributed by atoms with Crippen LogP contribution in [0, 0.1) is 17.6 Å². The molecule has 0 aromatic heterocycles. The van der Waals surface area contributed by atoms with Crippen LogP contribution in [0.1, 0.15) is 49.7 Å². The molecule has 0 heterocycles. The van der Waals surface area contributed by atoms with Crippen molar-refractivity contribution >= 4 is 0 Å². The lowest BCUT2D eigenvalue weighted by Crippen LogP contribution is -2.12. The molecule has 1 aliphatic rings. The summed E-state index contributed by atoms with van der Waals surface area (Å²) in [6.45, 7) is 1.33. The van der Waals surface area contributed by atoms with Crippen LogP contribution >= 0.6 is 0 Å². The van der Waals surface area contributed by atoms with Gasteiger partial charge in [-0.05, 0) is 91.5 Å². The second-order valence-electron chi connectivity index (χ2n) is 9.09. The third-order valence-electron chi connectivity index (χ3n) is 6.68. The van der Waals surface area contributed by atoms with Crippen molar-refractivity contribution in [2.24, 2.45) is 5.92 Å². The Morgan fingerprint density at radius 1 is 0.861 bits per heavy atom. The molecule has 2 nitrogen and oxygen atoms in total. The molecule has 0 saturated heterocycles. The Labute approximate surface area is 209 Å². The molecule has 190 valence electrons. The van der Waals surface area contributed by atoms with E-state index in [-0.39, 0.29) is 23.8 Å². The van der Waals surface area contributed by atoms with Crippen LogP contribution in [0.15, 0.2) is 72.6 Å². The fourth-order valence-electron chi connectivity index (χ4n) is 4.72. The van der Waals surface area contributed by atoms with Gasteiger partial charge in [-0.15, -0.1) is 0 Å². The number of hydrogen-bond donors (Lipinski definition) is 0. The largest absolute Gasteiger partial charge is 0.491 e. The molecule has 0 atom stereocenters. The predicted molar refractivity (Wildman–Crippen MR) is 134 cm³/mol. The van der Waals surface area contributed by atoms with Gasteiger partial charge >= 0.3 is 0 Å². The zero-order valence-corrected chi connectivity index (χ0v) is 20.3. The van der Waals surface area contributed by atoms with Gasteiger partial charge in [0.25, 0.3) is 0 Å². The molecule has 0 spiro atoms. The fourth-order valence-corrected chi connectivity index (χ4v) is 4.72. The summed E-state index contributed by atoms with van der Waals surface area (Å²) in [5.74, 6) is -1.51. The van der Waals surface area contributed by atoms with Gasteiger partial charge in [0.15, 0.2) is 11.6 Å². The summed E-state index contributed by atoms with van der Waals surface area (Å²) in [4.78, 5) is 0. The highest BCUT2D eigenvalue weighted by Crippen LogP contribution is 2.37. The quantitative estimate of drug-likeness (QED) is 0.275. The normalized spacial score (nSPS) is 18.2. The maximum absolute atomic E-state index is 14.5. The van der Waals surface area contributed by atoms with Gasteiger partial charge in [0.05, 0.1) is 6.61 Å². The van der Waals surface area contributed by atoms with Gasteiger partial charge in [-0.2, -0.15) is 4.39 Å². The molecule has 3 aromatic carbocycles. The first-order valence-corrected chi connectivity index (χ1v) is 12.3. The topological polar surface area (TPSA) is 18.5 Å². The molecule has 0 radical (unpaired) electrons. The molecule has 6 heteroatoms. The first-order chi connectivity index (χ1) is 17.5. The number of allylic oxidation sites excluding steroid dienone is 2. The minimum Gasteiger partial charge on any atom is -0.491 e. The second kappa shape index (κ2) is 12.1. The number of benzene rings is 3. The van der Waals surface area contributed by atoms with Gasteiger partial charge in [0.2, 0.25) is 5.82 Å². The molecule has 0 aliphatic heterocycles. The van der Waals surface area contributed by atoms with Crippen LogP contribution in [0.25, 0.3) is 11.1 Å². The van der Waals surface area contributed by atoms with E-state index in [9.17, 15) is 17.6 Å². The van der Waals surface area contributed by atoms with E-state index in [2.05, 4.69) is 12.1 Å². The minimum absolute atomic E-state index is 0.0986. The molecule has 0 unspecified atom stereocenters. The van der Waals surface area contributed by atoms with E-state index in [0.29, 0.717) is 23.8 Å². The third-order valence-corrected chi connectivity index (χ3v) is 6.68. The first-order valence-electron chi connectivity index (χ1n) is 12.3. The fraction of sp³-hybridized carbons (Fsp3) is 0.333. The minimum atomic E-state index is -1.02. The van der Waals surface area contributed by atoms with Crippen LogP contribution in [-0.2, 0) is 6.61 Å². The average Bonchev–Trinajstić information content (AvgIpc) is 2.91. The van der Waals surface area contributed by atoms with Gasteiger partial charge in [0, 0.05) is 5.56 Å². The first kappa shape index (κ1) is 25.8. The predicted octanol–water partition coefficient (Wildman–Crippen LogP) is 8.71. The van der Waals surface area contributed by atoms with Crippen molar-refractivity contribution < 1.29 is 27.0 Å². The summed E-state index contributed by atoms with van der Waals surface area (Å²) in [5.41, 5.74) is 2.98. The van der Waals surface area contributed by atoms with Crippen LogP contribution in [-0.4, -0.2) is 13.3 Å². The van der Waals surface area contributed by atoms with Crippen molar-refractivity contribution in [3.05, 3.63) is 95.3 Å². The molecule has 1 fully saturated rings. The molecular weight excluding hydrogens is 468 g/mol. The van der Waals surface area contributed by atoms with Crippen molar-refractivity contribution in [2.45, 2.75) is 45.1 Å². The molecule has 36 heavy (non-hydrogen) atoms. The van der Waals surface area contributed by atoms with Gasteiger partial charge in [-0.3, -0.25) is 0 Å². The highest BCUT2D eigenvalue weighted by molar-refractivity contribution is 5.66. The van der Waals surface area contributed by atoms with Crippen molar-refractivity contribution in [3.63, 3.8) is 0 Å². The summed E-state index contributed by atoms with van der Waals surface area (Å²) in [6.07, 6.45) is 5.10. The van der Waals surface area contributed by atoms with E-state index >= 15 is 0 Å². The maximum Gasteiger partial charge on any atom is 0.201 e. The van der Waals surface area contributed by atoms with Crippen molar-refractivity contribution in [3.8, 4) is 22.6 Å². The van der Waals surface area contributed by atoms with E-state index in [4.69, 9.17) is 9.47 Å². The summed E-state index contributed by atoms with van der Waals surface area (Å²) in [6, 6.07) is 18.1. The Kier molecular flexibility index (Phi) is 8.68. The molecule has 1 saturated carbocycles. The number of halogens is 4. The van der Waals surface area contributed by atoms with Crippen molar-refractivity contribution in [1.82, 2.24) is 0 Å². The summed E-state index contributed by atoms with van der Waals surface area (Å²) < 4.78 is 65.2. The van der Waals surface area contributed by atoms with Crippen LogP contribution in [0.2, 0.25) is 0 Å². The highest BCUT2D eigenvalue weighted by atomic mass is 19.2. The maximum atomic E-state index is 14.5. The molecule has 4 rings (SSSR count). The zero-order chi connectivity index (χ0) is 25.5. The Morgan fingerprint density at radius 2 is 1.56 bits per heavy atom. The average molecular weight is 499 g/mol. The van der Waals surface area contributed by atoms with E-state index in [1.807, 2.05) is 12.1 Å². The van der Waals surface area contributed by atoms with Gasteiger partial charge < -0.3 is 9.47 Å². The summed E-state index contributed by atoms with van der Waals surface area (Å²) in [7, 11) is 0. The number of ether oxygens (including phenoxy) is 2. The highest BCUT2D eigenvalue weighted by Gasteiger charge is 2.22. The van der Waals surface area contributed by atoms with E-state index in [1.165, 1.54) is 23.8 Å². The summed E-state index contributed by atoms with van der Waals surface area (Å²) >= 11 is 0. The van der Waals surface area contributed by atoms with Crippen LogP contribution in [0.4, 0.5) is 17.6 Å². The molecule has 0 N–H and O–H groups in total. The molecule has 1 aliphatic carbocycles. The Morgan fingerprint density at radius 3 is 2.19 bits per heavy atom. The third kappa shape index (κ3) is 6.28. The summed E-state index contributed by atoms with van der Waals surface area (Å²) in [5, 5.41) is 0. The smallest absolute Gasteiger partial charge is 0.201 e. The van der Waals surface area contributed by atoms with E-state index in [0.717, 1.165) is 31.2 Å². The van der Waals surface area contributed by atoms with Gasteiger partial charge in [-0.25, -0.2) is 13.2 Å². The molecular formula is C30H30F4O2.